The quantitative estimate of drug-likeness (QED) is 0.773. The number of aromatic nitrogens is 3. The van der Waals surface area contributed by atoms with Gasteiger partial charge in [0.05, 0.1) is 22.8 Å². The maximum Gasteiger partial charge on any atom is 0.268 e. The smallest absolute Gasteiger partial charge is 0.268 e. The lowest BCUT2D eigenvalue weighted by molar-refractivity contribution is 0.0785. The fourth-order valence-corrected chi connectivity index (χ4v) is 4.12. The third-order valence-electron chi connectivity index (χ3n) is 3.60. The molecule has 0 spiro atoms. The van der Waals surface area contributed by atoms with E-state index in [1.807, 2.05) is 18.4 Å². The van der Waals surface area contributed by atoms with Crippen LogP contribution in [-0.2, 0) is 6.54 Å². The van der Waals surface area contributed by atoms with E-state index in [4.69, 9.17) is 0 Å². The normalized spacial score (nSPS) is 11.4. The van der Waals surface area contributed by atoms with Crippen LogP contribution in [0.25, 0.3) is 10.2 Å². The van der Waals surface area contributed by atoms with Crippen LogP contribution < -0.4 is 5.56 Å². The van der Waals surface area contributed by atoms with Crippen molar-refractivity contribution < 1.29 is 4.79 Å². The summed E-state index contributed by atoms with van der Waals surface area (Å²) in [6.45, 7) is 6.21. The molecule has 24 heavy (non-hydrogen) atoms. The van der Waals surface area contributed by atoms with Gasteiger partial charge in [0.1, 0.15) is 15.4 Å². The summed E-state index contributed by atoms with van der Waals surface area (Å²) in [5.74, 6) is 0.664. The number of hydrogen-bond donors (Lipinski definition) is 1. The van der Waals surface area contributed by atoms with Gasteiger partial charge in [-0.05, 0) is 18.4 Å². The zero-order chi connectivity index (χ0) is 17.4. The second kappa shape index (κ2) is 6.45. The Morgan fingerprint density at radius 2 is 2.12 bits per heavy atom. The van der Waals surface area contributed by atoms with Gasteiger partial charge in [0, 0.05) is 13.0 Å². The van der Waals surface area contributed by atoms with E-state index in [2.05, 4.69) is 28.8 Å². The molecular formula is C16H18N4O2S2. The van der Waals surface area contributed by atoms with E-state index in [1.165, 1.54) is 22.7 Å². The molecule has 0 aliphatic heterocycles. The van der Waals surface area contributed by atoms with Crippen molar-refractivity contribution in [2.24, 2.45) is 0 Å². The van der Waals surface area contributed by atoms with Gasteiger partial charge >= 0.3 is 0 Å². The molecule has 0 radical (unpaired) electrons. The molecule has 0 atom stereocenters. The highest BCUT2D eigenvalue weighted by molar-refractivity contribution is 7.17. The van der Waals surface area contributed by atoms with Gasteiger partial charge in [-0.1, -0.05) is 13.8 Å². The number of carbonyl (C=O) groups is 1. The number of thiophene rings is 1. The Hall–Kier alpha value is -2.06. The van der Waals surface area contributed by atoms with E-state index in [1.54, 1.807) is 11.9 Å². The van der Waals surface area contributed by atoms with Gasteiger partial charge in [0.15, 0.2) is 0 Å². The van der Waals surface area contributed by atoms with E-state index in [0.717, 1.165) is 10.7 Å². The molecule has 0 aromatic carbocycles. The third kappa shape index (κ3) is 3.11. The summed E-state index contributed by atoms with van der Waals surface area (Å²) in [4.78, 5) is 38.5. The van der Waals surface area contributed by atoms with E-state index in [0.29, 0.717) is 26.8 Å². The Morgan fingerprint density at radius 3 is 2.79 bits per heavy atom. The second-order valence-electron chi connectivity index (χ2n) is 5.93. The van der Waals surface area contributed by atoms with Crippen LogP contribution in [0.4, 0.5) is 0 Å². The third-order valence-corrected chi connectivity index (χ3v) is 5.95. The van der Waals surface area contributed by atoms with Crippen LogP contribution in [0.15, 0.2) is 16.2 Å². The number of rotatable bonds is 4. The number of H-pyrrole nitrogens is 1. The van der Waals surface area contributed by atoms with Gasteiger partial charge in [-0.2, -0.15) is 0 Å². The van der Waals surface area contributed by atoms with Crippen LogP contribution in [0.5, 0.6) is 0 Å². The SMILES string of the molecule is Cc1nc(C(C)C)sc1C(=O)N(C)Cc1nc2ccsc2c(=O)[nH]1. The summed E-state index contributed by atoms with van der Waals surface area (Å²) in [7, 11) is 1.70. The predicted molar refractivity (Wildman–Crippen MR) is 97.0 cm³/mol. The van der Waals surface area contributed by atoms with Crippen molar-refractivity contribution in [1.82, 2.24) is 19.9 Å². The molecule has 3 aromatic rings. The highest BCUT2D eigenvalue weighted by Crippen LogP contribution is 2.25. The fourth-order valence-electron chi connectivity index (χ4n) is 2.33. The van der Waals surface area contributed by atoms with E-state index in [9.17, 15) is 9.59 Å². The average Bonchev–Trinajstić information content (AvgIpc) is 3.13. The Balaban J connectivity index is 1.84. The van der Waals surface area contributed by atoms with Gasteiger partial charge in [-0.3, -0.25) is 9.59 Å². The average molecular weight is 362 g/mol. The van der Waals surface area contributed by atoms with Gasteiger partial charge in [0.2, 0.25) is 0 Å². The summed E-state index contributed by atoms with van der Waals surface area (Å²) in [5.41, 5.74) is 1.24. The van der Waals surface area contributed by atoms with Crippen molar-refractivity contribution in [3.8, 4) is 0 Å². The molecule has 126 valence electrons. The number of carbonyl (C=O) groups excluding carboxylic acids is 1. The number of aryl methyl sites for hydroxylation is 1. The molecule has 0 aliphatic carbocycles. The van der Waals surface area contributed by atoms with Crippen molar-refractivity contribution in [2.75, 3.05) is 7.05 Å². The highest BCUT2D eigenvalue weighted by Gasteiger charge is 2.21. The first-order valence-electron chi connectivity index (χ1n) is 7.56. The second-order valence-corrected chi connectivity index (χ2v) is 7.88. The number of fused-ring (bicyclic) bond motifs is 1. The summed E-state index contributed by atoms with van der Waals surface area (Å²) in [5, 5.41) is 2.79. The molecule has 8 heteroatoms. The number of thiazole rings is 1. The lowest BCUT2D eigenvalue weighted by atomic mass is 10.2. The van der Waals surface area contributed by atoms with Gasteiger partial charge in [-0.25, -0.2) is 9.97 Å². The first kappa shape index (κ1) is 16.8. The molecule has 0 unspecified atom stereocenters. The largest absolute Gasteiger partial charge is 0.333 e. The molecule has 3 aromatic heterocycles. The molecule has 0 saturated heterocycles. The summed E-state index contributed by atoms with van der Waals surface area (Å²) in [6.07, 6.45) is 0. The molecular weight excluding hydrogens is 344 g/mol. The van der Waals surface area contributed by atoms with Crippen LogP contribution in [0.1, 0.15) is 46.0 Å². The Kier molecular flexibility index (Phi) is 4.51. The summed E-state index contributed by atoms with van der Waals surface area (Å²) >= 11 is 2.79. The molecule has 0 saturated carbocycles. The summed E-state index contributed by atoms with van der Waals surface area (Å²) < 4.78 is 0.604. The molecule has 6 nitrogen and oxygen atoms in total. The highest BCUT2D eigenvalue weighted by atomic mass is 32.1. The molecule has 0 fully saturated rings. The summed E-state index contributed by atoms with van der Waals surface area (Å²) in [6, 6.07) is 1.81. The predicted octanol–water partition coefficient (Wildman–Crippen LogP) is 3.15. The standard InChI is InChI=1S/C16H18N4O2S2/c1-8(2)15-17-9(3)12(24-15)16(22)20(4)7-11-18-10-5-6-23-13(10)14(21)19-11/h5-6,8H,7H2,1-4H3,(H,18,19,21). The number of nitrogens with one attached hydrogen (secondary N) is 1. The zero-order valence-corrected chi connectivity index (χ0v) is 15.5. The molecule has 0 bridgehead atoms. The van der Waals surface area contributed by atoms with Gasteiger partial charge in [-0.15, -0.1) is 22.7 Å². The Bertz CT molecular complexity index is 955. The number of aromatic amines is 1. The maximum atomic E-state index is 12.7. The first-order chi connectivity index (χ1) is 11.4. The number of hydrogen-bond acceptors (Lipinski definition) is 6. The molecule has 1 amide bonds. The van der Waals surface area contributed by atoms with Crippen molar-refractivity contribution >= 4 is 38.8 Å². The minimum atomic E-state index is -0.165. The van der Waals surface area contributed by atoms with Crippen molar-refractivity contribution in [1.29, 1.82) is 0 Å². The van der Waals surface area contributed by atoms with Crippen LogP contribution in [0, 0.1) is 6.92 Å². The molecule has 3 heterocycles. The van der Waals surface area contributed by atoms with Crippen molar-refractivity contribution in [3.63, 3.8) is 0 Å². The Morgan fingerprint density at radius 1 is 1.38 bits per heavy atom. The monoisotopic (exact) mass is 362 g/mol. The topological polar surface area (TPSA) is 79.0 Å². The molecule has 0 aliphatic rings. The van der Waals surface area contributed by atoms with Crippen LogP contribution in [0.2, 0.25) is 0 Å². The minimum Gasteiger partial charge on any atom is -0.333 e. The van der Waals surface area contributed by atoms with Gasteiger partial charge in [0.25, 0.3) is 11.5 Å². The minimum absolute atomic E-state index is 0.107. The van der Waals surface area contributed by atoms with E-state index in [-0.39, 0.29) is 18.0 Å². The lowest BCUT2D eigenvalue weighted by Crippen LogP contribution is -2.28. The van der Waals surface area contributed by atoms with E-state index >= 15 is 0 Å². The zero-order valence-electron chi connectivity index (χ0n) is 13.9. The maximum absolute atomic E-state index is 12.7. The fraction of sp³-hybridized carbons (Fsp3) is 0.375. The number of amides is 1. The Labute approximate surface area is 147 Å². The molecule has 1 N–H and O–H groups in total. The van der Waals surface area contributed by atoms with Gasteiger partial charge < -0.3 is 9.88 Å². The van der Waals surface area contributed by atoms with Crippen LogP contribution in [-0.4, -0.2) is 32.8 Å². The molecule has 3 rings (SSSR count). The first-order valence-corrected chi connectivity index (χ1v) is 9.25. The lowest BCUT2D eigenvalue weighted by Gasteiger charge is -2.15. The van der Waals surface area contributed by atoms with Crippen molar-refractivity contribution in [2.45, 2.75) is 33.2 Å². The van der Waals surface area contributed by atoms with Crippen molar-refractivity contribution in [3.05, 3.63) is 43.2 Å². The van der Waals surface area contributed by atoms with Crippen LogP contribution >= 0.6 is 22.7 Å². The van der Waals surface area contributed by atoms with E-state index < -0.39 is 0 Å². The number of nitrogens with zero attached hydrogens (tertiary/aromatic N) is 3. The van der Waals surface area contributed by atoms with Crippen LogP contribution in [0.3, 0.4) is 0 Å².